The van der Waals surface area contributed by atoms with E-state index in [2.05, 4.69) is 20.7 Å². The summed E-state index contributed by atoms with van der Waals surface area (Å²) in [6, 6.07) is 13.1. The fraction of sp³-hybridized carbons (Fsp3) is 0.143. The SMILES string of the molecule is CCOc1cc(C=NNC(=O)c2cc(C)[nH]n2)ccc1OC(=O)c1ccccc1Cl. The first-order valence-electron chi connectivity index (χ1n) is 9.07. The first-order chi connectivity index (χ1) is 14.5. The number of ether oxygens (including phenoxy) is 2. The number of amides is 1. The Bertz CT molecular complexity index is 1090. The highest BCUT2D eigenvalue weighted by molar-refractivity contribution is 6.33. The lowest BCUT2D eigenvalue weighted by Crippen LogP contribution is -2.18. The second-order valence-corrected chi connectivity index (χ2v) is 6.55. The van der Waals surface area contributed by atoms with Crippen molar-refractivity contribution < 1.29 is 19.1 Å². The lowest BCUT2D eigenvalue weighted by Gasteiger charge is -2.11. The van der Waals surface area contributed by atoms with Crippen LogP contribution in [0.3, 0.4) is 0 Å². The summed E-state index contributed by atoms with van der Waals surface area (Å²) in [6.45, 7) is 3.97. The van der Waals surface area contributed by atoms with E-state index in [1.807, 2.05) is 6.92 Å². The molecule has 2 N–H and O–H groups in total. The van der Waals surface area contributed by atoms with Crippen LogP contribution in [0.15, 0.2) is 53.6 Å². The Morgan fingerprint density at radius 1 is 1.20 bits per heavy atom. The number of rotatable bonds is 7. The van der Waals surface area contributed by atoms with Gasteiger partial charge in [0.2, 0.25) is 0 Å². The zero-order valence-corrected chi connectivity index (χ0v) is 17.1. The van der Waals surface area contributed by atoms with Gasteiger partial charge in [0.05, 0.1) is 23.4 Å². The van der Waals surface area contributed by atoms with Crippen LogP contribution in [0.5, 0.6) is 11.5 Å². The molecule has 154 valence electrons. The van der Waals surface area contributed by atoms with Gasteiger partial charge in [-0.1, -0.05) is 23.7 Å². The van der Waals surface area contributed by atoms with E-state index in [9.17, 15) is 9.59 Å². The lowest BCUT2D eigenvalue weighted by molar-refractivity contribution is 0.0728. The number of nitrogens with zero attached hydrogens (tertiary/aromatic N) is 2. The maximum absolute atomic E-state index is 12.4. The summed E-state index contributed by atoms with van der Waals surface area (Å²) in [6.07, 6.45) is 1.44. The summed E-state index contributed by atoms with van der Waals surface area (Å²) in [5.41, 5.74) is 4.29. The van der Waals surface area contributed by atoms with Gasteiger partial charge in [-0.25, -0.2) is 10.2 Å². The molecule has 0 fully saturated rings. The van der Waals surface area contributed by atoms with E-state index >= 15 is 0 Å². The predicted molar refractivity (Wildman–Crippen MR) is 112 cm³/mol. The number of halogens is 1. The largest absolute Gasteiger partial charge is 0.490 e. The van der Waals surface area contributed by atoms with Gasteiger partial charge in [-0.05, 0) is 55.8 Å². The summed E-state index contributed by atoms with van der Waals surface area (Å²) < 4.78 is 11.0. The Hall–Kier alpha value is -3.65. The quantitative estimate of drug-likeness (QED) is 0.259. The van der Waals surface area contributed by atoms with Gasteiger partial charge in [-0.3, -0.25) is 9.89 Å². The number of esters is 1. The normalized spacial score (nSPS) is 10.8. The van der Waals surface area contributed by atoms with E-state index in [-0.39, 0.29) is 17.0 Å². The van der Waals surface area contributed by atoms with Gasteiger partial charge < -0.3 is 9.47 Å². The summed E-state index contributed by atoms with van der Waals surface area (Å²) in [7, 11) is 0. The van der Waals surface area contributed by atoms with Crippen LogP contribution in [0, 0.1) is 6.92 Å². The number of nitrogens with one attached hydrogen (secondary N) is 2. The van der Waals surface area contributed by atoms with E-state index in [1.165, 1.54) is 6.21 Å². The molecule has 2 aromatic carbocycles. The first-order valence-corrected chi connectivity index (χ1v) is 9.44. The van der Waals surface area contributed by atoms with Crippen molar-refractivity contribution in [3.63, 3.8) is 0 Å². The zero-order chi connectivity index (χ0) is 21.5. The second-order valence-electron chi connectivity index (χ2n) is 6.14. The van der Waals surface area contributed by atoms with Crippen molar-refractivity contribution in [1.29, 1.82) is 0 Å². The van der Waals surface area contributed by atoms with Gasteiger partial charge in [-0.15, -0.1) is 0 Å². The van der Waals surface area contributed by atoms with Gasteiger partial charge in [0, 0.05) is 5.69 Å². The molecule has 0 spiro atoms. The van der Waals surface area contributed by atoms with Crippen LogP contribution in [0.25, 0.3) is 0 Å². The average Bonchev–Trinajstić information content (AvgIpc) is 3.16. The van der Waals surface area contributed by atoms with Crippen molar-refractivity contribution in [3.8, 4) is 11.5 Å². The van der Waals surface area contributed by atoms with Gasteiger partial charge in [-0.2, -0.15) is 10.2 Å². The molecule has 3 rings (SSSR count). The molecule has 9 heteroatoms. The van der Waals surface area contributed by atoms with Crippen LogP contribution in [-0.4, -0.2) is 34.9 Å². The van der Waals surface area contributed by atoms with Crippen LogP contribution < -0.4 is 14.9 Å². The maximum atomic E-state index is 12.4. The molecule has 0 radical (unpaired) electrons. The van der Waals surface area contributed by atoms with Crippen molar-refractivity contribution >= 4 is 29.7 Å². The average molecular weight is 427 g/mol. The monoisotopic (exact) mass is 426 g/mol. The predicted octanol–water partition coefficient (Wildman–Crippen LogP) is 3.75. The van der Waals surface area contributed by atoms with E-state index in [4.69, 9.17) is 21.1 Å². The topological polar surface area (TPSA) is 106 Å². The van der Waals surface area contributed by atoms with Crippen molar-refractivity contribution in [1.82, 2.24) is 15.6 Å². The van der Waals surface area contributed by atoms with Crippen molar-refractivity contribution in [2.45, 2.75) is 13.8 Å². The van der Waals surface area contributed by atoms with Crippen molar-refractivity contribution in [2.24, 2.45) is 5.10 Å². The molecule has 0 aliphatic rings. The highest BCUT2D eigenvalue weighted by Gasteiger charge is 2.15. The van der Waals surface area contributed by atoms with Crippen molar-refractivity contribution in [3.05, 3.63) is 76.1 Å². The fourth-order valence-corrected chi connectivity index (χ4v) is 2.71. The summed E-state index contributed by atoms with van der Waals surface area (Å²) in [4.78, 5) is 24.4. The third kappa shape index (κ3) is 5.24. The number of H-pyrrole nitrogens is 1. The molecule has 0 saturated carbocycles. The summed E-state index contributed by atoms with van der Waals surface area (Å²) >= 11 is 6.05. The molecule has 0 aliphatic heterocycles. The van der Waals surface area contributed by atoms with Crippen LogP contribution >= 0.6 is 11.6 Å². The minimum absolute atomic E-state index is 0.237. The number of hydrogen-bond donors (Lipinski definition) is 2. The molecule has 1 aromatic heterocycles. The Balaban J connectivity index is 1.72. The van der Waals surface area contributed by atoms with Gasteiger partial charge in [0.1, 0.15) is 0 Å². The first kappa shape index (κ1) is 21.1. The van der Waals surface area contributed by atoms with Crippen LogP contribution in [-0.2, 0) is 0 Å². The molecule has 0 saturated heterocycles. The van der Waals surface area contributed by atoms with E-state index in [0.29, 0.717) is 22.9 Å². The minimum atomic E-state index is -0.593. The number of hydrogen-bond acceptors (Lipinski definition) is 6. The number of aromatic nitrogens is 2. The molecule has 30 heavy (non-hydrogen) atoms. The molecule has 0 aliphatic carbocycles. The number of carbonyl (C=O) groups excluding carboxylic acids is 2. The van der Waals surface area contributed by atoms with Gasteiger partial charge in [0.25, 0.3) is 5.91 Å². The molecular weight excluding hydrogens is 408 g/mol. The lowest BCUT2D eigenvalue weighted by atomic mass is 10.2. The number of benzene rings is 2. The molecule has 0 atom stereocenters. The Kier molecular flexibility index (Phi) is 6.82. The molecule has 1 heterocycles. The zero-order valence-electron chi connectivity index (χ0n) is 16.3. The number of aryl methyl sites for hydroxylation is 1. The number of carbonyl (C=O) groups is 2. The molecule has 3 aromatic rings. The second kappa shape index (κ2) is 9.71. The van der Waals surface area contributed by atoms with Crippen LogP contribution in [0.1, 0.15) is 39.0 Å². The molecule has 8 nitrogen and oxygen atoms in total. The van der Waals surface area contributed by atoms with E-state index < -0.39 is 11.9 Å². The Morgan fingerprint density at radius 2 is 2.00 bits per heavy atom. The smallest absolute Gasteiger partial charge is 0.345 e. The summed E-state index contributed by atoms with van der Waals surface area (Å²) in [5, 5.41) is 10.8. The van der Waals surface area contributed by atoms with Gasteiger partial charge >= 0.3 is 5.97 Å². The Labute approximate surface area is 177 Å². The molecule has 0 unspecified atom stereocenters. The standard InChI is InChI=1S/C21H19ClN4O4/c1-3-29-19-11-14(12-23-26-20(27)17-10-13(2)24-25-17)8-9-18(19)30-21(28)15-6-4-5-7-16(15)22/h4-12H,3H2,1-2H3,(H,24,25)(H,26,27). The maximum Gasteiger partial charge on any atom is 0.345 e. The highest BCUT2D eigenvalue weighted by atomic mass is 35.5. The number of aromatic amines is 1. The highest BCUT2D eigenvalue weighted by Crippen LogP contribution is 2.29. The summed E-state index contributed by atoms with van der Waals surface area (Å²) in [5.74, 6) is -0.429. The fourth-order valence-electron chi connectivity index (χ4n) is 2.50. The van der Waals surface area contributed by atoms with Gasteiger partial charge in [0.15, 0.2) is 17.2 Å². The third-order valence-corrected chi connectivity index (χ3v) is 4.21. The van der Waals surface area contributed by atoms with Crippen LogP contribution in [0.2, 0.25) is 5.02 Å². The Morgan fingerprint density at radius 3 is 2.70 bits per heavy atom. The molecule has 1 amide bonds. The third-order valence-electron chi connectivity index (χ3n) is 3.88. The minimum Gasteiger partial charge on any atom is -0.490 e. The van der Waals surface area contributed by atoms with Crippen LogP contribution in [0.4, 0.5) is 0 Å². The molecule has 0 bridgehead atoms. The number of hydrazone groups is 1. The molecular formula is C21H19ClN4O4. The van der Waals surface area contributed by atoms with Crippen molar-refractivity contribution in [2.75, 3.05) is 6.61 Å². The van der Waals surface area contributed by atoms with E-state index in [0.717, 1.165) is 5.69 Å². The van der Waals surface area contributed by atoms with E-state index in [1.54, 1.807) is 55.5 Å².